The van der Waals surface area contributed by atoms with Gasteiger partial charge in [0.15, 0.2) is 0 Å². The number of hydrogen-bond donors (Lipinski definition) is 4. The monoisotopic (exact) mass is 510 g/mol. The van der Waals surface area contributed by atoms with Gasteiger partial charge in [-0.25, -0.2) is 0 Å². The van der Waals surface area contributed by atoms with Crippen LogP contribution in [0.5, 0.6) is 0 Å². The van der Waals surface area contributed by atoms with Crippen LogP contribution in [0.3, 0.4) is 0 Å². The fourth-order valence-corrected chi connectivity index (χ4v) is 4.20. The number of aromatic nitrogens is 1. The molecule has 9 heteroatoms. The van der Waals surface area contributed by atoms with E-state index in [0.717, 1.165) is 16.8 Å². The maximum absolute atomic E-state index is 13.0. The van der Waals surface area contributed by atoms with Crippen LogP contribution in [0.4, 0.5) is 11.4 Å². The minimum Gasteiger partial charge on any atom is -0.357 e. The summed E-state index contributed by atoms with van der Waals surface area (Å²) in [6, 6.07) is 12.2. The number of aryl methyl sites for hydroxylation is 1. The Kier molecular flexibility index (Phi) is 7.00. The largest absolute Gasteiger partial charge is 0.357 e. The first-order valence-corrected chi connectivity index (χ1v) is 11.9. The van der Waals surface area contributed by atoms with E-state index in [1.165, 1.54) is 0 Å². The summed E-state index contributed by atoms with van der Waals surface area (Å²) in [6.45, 7) is 5.56. The Balaban J connectivity index is 1.61. The highest BCUT2D eigenvalue weighted by Gasteiger charge is 2.26. The molecule has 3 aromatic rings. The van der Waals surface area contributed by atoms with Gasteiger partial charge < -0.3 is 20.9 Å². The molecule has 1 aliphatic rings. The van der Waals surface area contributed by atoms with Crippen molar-refractivity contribution in [3.63, 3.8) is 0 Å². The van der Waals surface area contributed by atoms with Crippen LogP contribution in [0.15, 0.2) is 42.5 Å². The summed E-state index contributed by atoms with van der Waals surface area (Å²) in [5.41, 5.74) is 5.86. The average molecular weight is 511 g/mol. The molecule has 4 rings (SSSR count). The molecule has 180 valence electrons. The molecule has 0 fully saturated rings. The molecule has 7 nitrogen and oxygen atoms in total. The predicted molar refractivity (Wildman–Crippen MR) is 140 cm³/mol. The Morgan fingerprint density at radius 2 is 1.83 bits per heavy atom. The van der Waals surface area contributed by atoms with Crippen molar-refractivity contribution in [1.82, 2.24) is 10.3 Å². The van der Waals surface area contributed by atoms with E-state index in [-0.39, 0.29) is 29.6 Å². The Hall–Kier alpha value is -3.55. The number of halogens is 2. The lowest BCUT2D eigenvalue weighted by Crippen LogP contribution is -2.26. The zero-order chi connectivity index (χ0) is 25.3. The standard InChI is InChI=1S/C26H24Cl2N4O3/c1-13-22(29-15(3)24(13)32-23(33)12-27)11-20-19-10-17(6-9-21(19)31-26(20)35)25(34)30-14(2)16-4-7-18(28)8-5-16/h4-11,14,29H,12H2,1-3H3,(H,30,34)(H,31,35)(H,32,33). The van der Waals surface area contributed by atoms with Crippen LogP contribution in [0.1, 0.15) is 51.4 Å². The lowest BCUT2D eigenvalue weighted by Gasteiger charge is -2.15. The Labute approximate surface area is 212 Å². The summed E-state index contributed by atoms with van der Waals surface area (Å²) in [7, 11) is 0. The van der Waals surface area contributed by atoms with E-state index in [4.69, 9.17) is 23.2 Å². The summed E-state index contributed by atoms with van der Waals surface area (Å²) in [4.78, 5) is 40.7. The number of carbonyl (C=O) groups is 3. The molecule has 3 amide bonds. The number of anilines is 2. The number of fused-ring (bicyclic) bond motifs is 1. The molecule has 1 aromatic heterocycles. The van der Waals surface area contributed by atoms with Crippen molar-refractivity contribution in [3.05, 3.63) is 81.1 Å². The lowest BCUT2D eigenvalue weighted by atomic mass is 10.0. The van der Waals surface area contributed by atoms with E-state index >= 15 is 0 Å². The number of hydrogen-bond acceptors (Lipinski definition) is 3. The highest BCUT2D eigenvalue weighted by atomic mass is 35.5. The first kappa shape index (κ1) is 24.6. The lowest BCUT2D eigenvalue weighted by molar-refractivity contribution is -0.114. The predicted octanol–water partition coefficient (Wildman–Crippen LogP) is 5.45. The van der Waals surface area contributed by atoms with Gasteiger partial charge in [0.2, 0.25) is 5.91 Å². The van der Waals surface area contributed by atoms with Crippen LogP contribution in [0.2, 0.25) is 5.02 Å². The zero-order valence-electron chi connectivity index (χ0n) is 19.4. The second kappa shape index (κ2) is 9.98. The van der Waals surface area contributed by atoms with Gasteiger partial charge in [-0.2, -0.15) is 0 Å². The molecule has 0 radical (unpaired) electrons. The van der Waals surface area contributed by atoms with Gasteiger partial charge in [0, 0.05) is 33.2 Å². The molecule has 1 aliphatic heterocycles. The van der Waals surface area contributed by atoms with Crippen LogP contribution in [-0.4, -0.2) is 28.6 Å². The number of carbonyl (C=O) groups excluding carboxylic acids is 3. The fourth-order valence-electron chi connectivity index (χ4n) is 4.01. The molecule has 1 atom stereocenters. The van der Waals surface area contributed by atoms with Gasteiger partial charge in [-0.05, 0) is 68.3 Å². The number of rotatable bonds is 6. The number of nitrogens with one attached hydrogen (secondary N) is 4. The van der Waals surface area contributed by atoms with E-state index in [0.29, 0.717) is 38.8 Å². The van der Waals surface area contributed by atoms with Gasteiger partial charge in [0.25, 0.3) is 11.8 Å². The normalized spacial score (nSPS) is 14.4. The molecule has 2 heterocycles. The van der Waals surface area contributed by atoms with Crippen molar-refractivity contribution in [2.45, 2.75) is 26.8 Å². The maximum atomic E-state index is 13.0. The van der Waals surface area contributed by atoms with Crippen LogP contribution in [-0.2, 0) is 9.59 Å². The van der Waals surface area contributed by atoms with Gasteiger partial charge in [0.1, 0.15) is 5.88 Å². The van der Waals surface area contributed by atoms with E-state index < -0.39 is 0 Å². The summed E-state index contributed by atoms with van der Waals surface area (Å²) in [5, 5.41) is 9.21. The molecule has 4 N–H and O–H groups in total. The van der Waals surface area contributed by atoms with Crippen molar-refractivity contribution in [1.29, 1.82) is 0 Å². The van der Waals surface area contributed by atoms with Crippen LogP contribution < -0.4 is 16.0 Å². The third-order valence-corrected chi connectivity index (χ3v) is 6.43. The van der Waals surface area contributed by atoms with Crippen LogP contribution in [0, 0.1) is 13.8 Å². The zero-order valence-corrected chi connectivity index (χ0v) is 20.9. The number of amides is 3. The highest BCUT2D eigenvalue weighted by molar-refractivity contribution is 6.35. The van der Waals surface area contributed by atoms with Gasteiger partial charge in [0.05, 0.1) is 17.3 Å². The fraction of sp³-hybridized carbons (Fsp3) is 0.192. The molecule has 0 aliphatic carbocycles. The Morgan fingerprint density at radius 1 is 1.11 bits per heavy atom. The second-order valence-corrected chi connectivity index (χ2v) is 9.07. The first-order chi connectivity index (χ1) is 16.7. The molecular weight excluding hydrogens is 487 g/mol. The highest BCUT2D eigenvalue weighted by Crippen LogP contribution is 2.35. The molecule has 35 heavy (non-hydrogen) atoms. The minimum absolute atomic E-state index is 0.155. The van der Waals surface area contributed by atoms with E-state index in [2.05, 4.69) is 20.9 Å². The number of benzene rings is 2. The summed E-state index contributed by atoms with van der Waals surface area (Å²) < 4.78 is 0. The Morgan fingerprint density at radius 3 is 2.51 bits per heavy atom. The molecule has 1 unspecified atom stereocenters. The van der Waals surface area contributed by atoms with E-state index in [9.17, 15) is 14.4 Å². The second-order valence-electron chi connectivity index (χ2n) is 8.36. The van der Waals surface area contributed by atoms with Gasteiger partial charge in [-0.15, -0.1) is 11.6 Å². The molecule has 0 saturated carbocycles. The number of alkyl halides is 1. The third kappa shape index (κ3) is 5.11. The summed E-state index contributed by atoms with van der Waals surface area (Å²) >= 11 is 11.6. The quantitative estimate of drug-likeness (QED) is 0.262. The van der Waals surface area contributed by atoms with Crippen molar-refractivity contribution in [2.24, 2.45) is 0 Å². The first-order valence-electron chi connectivity index (χ1n) is 11.0. The summed E-state index contributed by atoms with van der Waals surface area (Å²) in [6.07, 6.45) is 1.72. The molecule has 2 aromatic carbocycles. The van der Waals surface area contributed by atoms with Crippen molar-refractivity contribution >= 4 is 63.9 Å². The number of H-pyrrole nitrogens is 1. The third-order valence-electron chi connectivity index (χ3n) is 5.93. The molecular formula is C26H24Cl2N4O3. The Bertz CT molecular complexity index is 1360. The van der Waals surface area contributed by atoms with Crippen LogP contribution >= 0.6 is 23.2 Å². The van der Waals surface area contributed by atoms with E-state index in [1.54, 1.807) is 36.4 Å². The van der Waals surface area contributed by atoms with Crippen molar-refractivity contribution in [2.75, 3.05) is 16.5 Å². The van der Waals surface area contributed by atoms with Crippen molar-refractivity contribution < 1.29 is 14.4 Å². The topological polar surface area (TPSA) is 103 Å². The van der Waals surface area contributed by atoms with E-state index in [1.807, 2.05) is 32.9 Å². The molecule has 0 spiro atoms. The van der Waals surface area contributed by atoms with Gasteiger partial charge >= 0.3 is 0 Å². The van der Waals surface area contributed by atoms with Gasteiger partial charge in [-0.1, -0.05) is 23.7 Å². The molecule has 0 bridgehead atoms. The molecule has 0 saturated heterocycles. The summed E-state index contributed by atoms with van der Waals surface area (Å²) in [5.74, 6) is -1.00. The number of aromatic amines is 1. The van der Waals surface area contributed by atoms with Crippen molar-refractivity contribution in [3.8, 4) is 0 Å². The van der Waals surface area contributed by atoms with Gasteiger partial charge in [-0.3, -0.25) is 14.4 Å². The minimum atomic E-state index is -0.316. The average Bonchev–Trinajstić information content (AvgIpc) is 3.29. The van der Waals surface area contributed by atoms with Crippen LogP contribution in [0.25, 0.3) is 11.6 Å². The smallest absolute Gasteiger partial charge is 0.256 e. The SMILES string of the molecule is Cc1[nH]c(C=C2C(=O)Nc3ccc(C(=O)NC(C)c4ccc(Cl)cc4)cc32)c(C)c1NC(=O)CCl. The maximum Gasteiger partial charge on any atom is 0.256 e.